The lowest BCUT2D eigenvalue weighted by atomic mass is 10.2. The Bertz CT molecular complexity index is 505. The van der Waals surface area contributed by atoms with E-state index in [1.807, 2.05) is 20.2 Å². The van der Waals surface area contributed by atoms with Gasteiger partial charge in [0.15, 0.2) is 0 Å². The van der Waals surface area contributed by atoms with Crippen LogP contribution in [0.25, 0.3) is 0 Å². The standard InChI is InChI=1S/C10H15N7/c1-3-8-9(12-6-13-10(8)16-11)15-7-4-14-17(2)5-7/h4-6H,3,11H2,1-2H3,(H2,12,13,15,16). The Hall–Kier alpha value is -2.15. The van der Waals surface area contributed by atoms with Crippen LogP contribution in [0.3, 0.4) is 0 Å². The molecule has 0 unspecified atom stereocenters. The summed E-state index contributed by atoms with van der Waals surface area (Å²) in [5, 5.41) is 7.27. The maximum Gasteiger partial charge on any atom is 0.148 e. The molecule has 2 rings (SSSR count). The molecule has 7 heteroatoms. The van der Waals surface area contributed by atoms with Gasteiger partial charge in [0, 0.05) is 18.8 Å². The Morgan fingerprint density at radius 3 is 2.71 bits per heavy atom. The van der Waals surface area contributed by atoms with E-state index in [-0.39, 0.29) is 0 Å². The van der Waals surface area contributed by atoms with Gasteiger partial charge in [0.2, 0.25) is 0 Å². The molecular weight excluding hydrogens is 218 g/mol. The molecule has 0 saturated carbocycles. The van der Waals surface area contributed by atoms with Crippen LogP contribution in [-0.2, 0) is 13.5 Å². The number of aryl methyl sites for hydroxylation is 1. The Kier molecular flexibility index (Phi) is 3.20. The third kappa shape index (κ3) is 2.34. The third-order valence-corrected chi connectivity index (χ3v) is 2.40. The van der Waals surface area contributed by atoms with Gasteiger partial charge in [-0.25, -0.2) is 15.8 Å². The maximum atomic E-state index is 5.41. The minimum atomic E-state index is 0.633. The Morgan fingerprint density at radius 2 is 2.12 bits per heavy atom. The van der Waals surface area contributed by atoms with E-state index in [4.69, 9.17) is 5.84 Å². The summed E-state index contributed by atoms with van der Waals surface area (Å²) in [5.41, 5.74) is 4.39. The van der Waals surface area contributed by atoms with Gasteiger partial charge >= 0.3 is 0 Å². The number of hydrogen-bond donors (Lipinski definition) is 3. The smallest absolute Gasteiger partial charge is 0.148 e. The second-order valence-electron chi connectivity index (χ2n) is 3.58. The van der Waals surface area contributed by atoms with Gasteiger partial charge in [-0.05, 0) is 6.42 Å². The van der Waals surface area contributed by atoms with Crippen LogP contribution in [0.4, 0.5) is 17.3 Å². The lowest BCUT2D eigenvalue weighted by molar-refractivity contribution is 0.768. The van der Waals surface area contributed by atoms with E-state index in [9.17, 15) is 0 Å². The topological polar surface area (TPSA) is 93.7 Å². The van der Waals surface area contributed by atoms with Crippen LogP contribution in [-0.4, -0.2) is 19.7 Å². The van der Waals surface area contributed by atoms with Crippen molar-refractivity contribution < 1.29 is 0 Å². The molecule has 4 N–H and O–H groups in total. The molecule has 0 aliphatic heterocycles. The number of nitrogens with zero attached hydrogens (tertiary/aromatic N) is 4. The maximum absolute atomic E-state index is 5.41. The molecule has 2 heterocycles. The van der Waals surface area contributed by atoms with E-state index in [1.165, 1.54) is 6.33 Å². The van der Waals surface area contributed by atoms with Gasteiger partial charge in [0.1, 0.15) is 18.0 Å². The van der Waals surface area contributed by atoms with E-state index in [2.05, 4.69) is 25.8 Å². The molecule has 0 spiro atoms. The van der Waals surface area contributed by atoms with Gasteiger partial charge < -0.3 is 10.7 Å². The molecule has 0 fully saturated rings. The number of nitrogen functional groups attached to an aromatic ring is 1. The summed E-state index contributed by atoms with van der Waals surface area (Å²) < 4.78 is 1.72. The average molecular weight is 233 g/mol. The van der Waals surface area contributed by atoms with Gasteiger partial charge in [0.05, 0.1) is 11.9 Å². The lowest BCUT2D eigenvalue weighted by Crippen LogP contribution is -2.12. The van der Waals surface area contributed by atoms with Crippen molar-refractivity contribution in [1.82, 2.24) is 19.7 Å². The van der Waals surface area contributed by atoms with Crippen molar-refractivity contribution in [2.75, 3.05) is 10.7 Å². The number of rotatable bonds is 4. The van der Waals surface area contributed by atoms with E-state index in [1.54, 1.807) is 10.9 Å². The molecule has 2 aromatic heterocycles. The number of anilines is 3. The first-order chi connectivity index (χ1) is 8.24. The lowest BCUT2D eigenvalue weighted by Gasteiger charge is -2.11. The molecule has 7 nitrogen and oxygen atoms in total. The van der Waals surface area contributed by atoms with Gasteiger partial charge in [-0.1, -0.05) is 6.92 Å². The largest absolute Gasteiger partial charge is 0.337 e. The first kappa shape index (κ1) is 11.3. The molecule has 0 bridgehead atoms. The minimum absolute atomic E-state index is 0.633. The normalized spacial score (nSPS) is 10.3. The first-order valence-electron chi connectivity index (χ1n) is 5.30. The SMILES string of the molecule is CCc1c(NN)ncnc1Nc1cnn(C)c1. The van der Waals surface area contributed by atoms with Crippen LogP contribution in [0.1, 0.15) is 12.5 Å². The highest BCUT2D eigenvalue weighted by Gasteiger charge is 2.09. The zero-order valence-corrected chi connectivity index (χ0v) is 9.81. The summed E-state index contributed by atoms with van der Waals surface area (Å²) >= 11 is 0. The highest BCUT2D eigenvalue weighted by molar-refractivity contribution is 5.63. The average Bonchev–Trinajstić information content (AvgIpc) is 2.74. The first-order valence-corrected chi connectivity index (χ1v) is 5.30. The second-order valence-corrected chi connectivity index (χ2v) is 3.58. The fourth-order valence-corrected chi connectivity index (χ4v) is 1.60. The molecule has 17 heavy (non-hydrogen) atoms. The Labute approximate surface area is 99.0 Å². The minimum Gasteiger partial charge on any atom is -0.337 e. The summed E-state index contributed by atoms with van der Waals surface area (Å²) in [5.74, 6) is 6.78. The summed E-state index contributed by atoms with van der Waals surface area (Å²) in [6.45, 7) is 2.02. The highest BCUT2D eigenvalue weighted by atomic mass is 15.3. The fourth-order valence-electron chi connectivity index (χ4n) is 1.60. The zero-order valence-electron chi connectivity index (χ0n) is 9.81. The predicted octanol–water partition coefficient (Wildman–Crippen LogP) is 0.802. The molecule has 0 amide bonds. The number of nitrogens with two attached hydrogens (primary N) is 1. The molecule has 2 aromatic rings. The zero-order chi connectivity index (χ0) is 12.3. The molecular formula is C10H15N7. The van der Waals surface area contributed by atoms with Crippen LogP contribution in [0.15, 0.2) is 18.7 Å². The summed E-state index contributed by atoms with van der Waals surface area (Å²) in [6.07, 6.45) is 5.85. The number of aromatic nitrogens is 4. The molecule has 0 aliphatic rings. The van der Waals surface area contributed by atoms with Crippen molar-refractivity contribution in [3.63, 3.8) is 0 Å². The van der Waals surface area contributed by atoms with Gasteiger partial charge in [0.25, 0.3) is 0 Å². The highest BCUT2D eigenvalue weighted by Crippen LogP contribution is 2.22. The van der Waals surface area contributed by atoms with Crippen LogP contribution in [0.2, 0.25) is 0 Å². The van der Waals surface area contributed by atoms with Crippen molar-refractivity contribution in [2.24, 2.45) is 12.9 Å². The van der Waals surface area contributed by atoms with Crippen molar-refractivity contribution >= 4 is 17.3 Å². The van der Waals surface area contributed by atoms with Gasteiger partial charge in [-0.15, -0.1) is 0 Å². The van der Waals surface area contributed by atoms with E-state index >= 15 is 0 Å². The number of nitrogens with one attached hydrogen (secondary N) is 2. The van der Waals surface area contributed by atoms with Crippen LogP contribution in [0, 0.1) is 0 Å². The molecule has 90 valence electrons. The summed E-state index contributed by atoms with van der Waals surface area (Å²) in [7, 11) is 1.86. The Balaban J connectivity index is 2.32. The predicted molar refractivity (Wildman–Crippen MR) is 65.7 cm³/mol. The van der Waals surface area contributed by atoms with Crippen molar-refractivity contribution in [3.05, 3.63) is 24.3 Å². The van der Waals surface area contributed by atoms with Crippen LogP contribution >= 0.6 is 0 Å². The summed E-state index contributed by atoms with van der Waals surface area (Å²) in [4.78, 5) is 8.28. The van der Waals surface area contributed by atoms with Gasteiger partial charge in [-0.3, -0.25) is 4.68 Å². The van der Waals surface area contributed by atoms with Crippen LogP contribution in [0.5, 0.6) is 0 Å². The van der Waals surface area contributed by atoms with E-state index < -0.39 is 0 Å². The number of hydrazine groups is 1. The molecule has 0 aromatic carbocycles. The molecule has 0 atom stereocenters. The number of hydrogen-bond acceptors (Lipinski definition) is 6. The molecule has 0 aliphatic carbocycles. The van der Waals surface area contributed by atoms with Crippen molar-refractivity contribution in [1.29, 1.82) is 0 Å². The monoisotopic (exact) mass is 233 g/mol. The van der Waals surface area contributed by atoms with E-state index in [0.717, 1.165) is 23.5 Å². The van der Waals surface area contributed by atoms with Crippen molar-refractivity contribution in [2.45, 2.75) is 13.3 Å². The Morgan fingerprint density at radius 1 is 1.35 bits per heavy atom. The third-order valence-electron chi connectivity index (χ3n) is 2.40. The molecule has 0 saturated heterocycles. The second kappa shape index (κ2) is 4.79. The van der Waals surface area contributed by atoms with E-state index in [0.29, 0.717) is 5.82 Å². The summed E-state index contributed by atoms with van der Waals surface area (Å²) in [6, 6.07) is 0. The molecule has 0 radical (unpaired) electrons. The van der Waals surface area contributed by atoms with Gasteiger partial charge in [-0.2, -0.15) is 5.10 Å². The van der Waals surface area contributed by atoms with Crippen molar-refractivity contribution in [3.8, 4) is 0 Å². The fraction of sp³-hybridized carbons (Fsp3) is 0.300. The van der Waals surface area contributed by atoms with Crippen LogP contribution < -0.4 is 16.6 Å². The quantitative estimate of drug-likeness (QED) is 0.534.